The highest BCUT2D eigenvalue weighted by Crippen LogP contribution is 2.24. The molecule has 0 aliphatic heterocycles. The lowest BCUT2D eigenvalue weighted by Gasteiger charge is -2.23. The van der Waals surface area contributed by atoms with Gasteiger partial charge in [0.15, 0.2) is 11.5 Å². The highest BCUT2D eigenvalue weighted by molar-refractivity contribution is 7.16. The molecule has 146 valence electrons. The lowest BCUT2D eigenvalue weighted by atomic mass is 10.2. The van der Waals surface area contributed by atoms with Crippen molar-refractivity contribution in [3.63, 3.8) is 0 Å². The topological polar surface area (TPSA) is 118 Å². The van der Waals surface area contributed by atoms with Crippen molar-refractivity contribution in [2.75, 3.05) is 17.2 Å². The van der Waals surface area contributed by atoms with Gasteiger partial charge >= 0.3 is 5.69 Å². The molecule has 0 saturated heterocycles. The number of ketones is 1. The number of Topliss-reactive ketones (excluding diaryl/α,β-unsaturated/α-hetero) is 1. The van der Waals surface area contributed by atoms with Crippen LogP contribution in [0.4, 0.5) is 11.5 Å². The number of thiophene rings is 1. The second-order valence-electron chi connectivity index (χ2n) is 6.18. The molecular formula is C18H24N4O4S. The number of aromatic amines is 1. The second kappa shape index (κ2) is 8.81. The van der Waals surface area contributed by atoms with Crippen LogP contribution in [0, 0.1) is 0 Å². The molecule has 0 radical (unpaired) electrons. The van der Waals surface area contributed by atoms with Crippen molar-refractivity contribution in [1.82, 2.24) is 9.55 Å². The number of nitrogens with two attached hydrogens (primary N) is 1. The SMILES string of the molecule is CCCCn1c(N)c(N(CCC)C(=O)c2ccc(C(C)=O)s2)c(=O)[nH]c1=O. The molecule has 3 N–H and O–H groups in total. The van der Waals surface area contributed by atoms with Gasteiger partial charge < -0.3 is 5.73 Å². The lowest BCUT2D eigenvalue weighted by Crippen LogP contribution is -2.41. The van der Waals surface area contributed by atoms with E-state index in [1.807, 2.05) is 13.8 Å². The first-order chi connectivity index (χ1) is 12.8. The second-order valence-corrected chi connectivity index (χ2v) is 7.26. The predicted molar refractivity (Wildman–Crippen MR) is 107 cm³/mol. The maximum atomic E-state index is 13.0. The van der Waals surface area contributed by atoms with E-state index >= 15 is 0 Å². The average molecular weight is 392 g/mol. The van der Waals surface area contributed by atoms with Crippen molar-refractivity contribution in [3.05, 3.63) is 42.7 Å². The first-order valence-electron chi connectivity index (χ1n) is 8.87. The summed E-state index contributed by atoms with van der Waals surface area (Å²) in [5.74, 6) is -0.582. The van der Waals surface area contributed by atoms with Crippen LogP contribution in [-0.4, -0.2) is 27.8 Å². The van der Waals surface area contributed by atoms with Gasteiger partial charge in [-0.1, -0.05) is 20.3 Å². The molecular weight excluding hydrogens is 368 g/mol. The number of amides is 1. The van der Waals surface area contributed by atoms with Gasteiger partial charge in [0.2, 0.25) is 0 Å². The summed E-state index contributed by atoms with van der Waals surface area (Å²) in [4.78, 5) is 53.4. The minimum Gasteiger partial charge on any atom is -0.383 e. The monoisotopic (exact) mass is 392 g/mol. The van der Waals surface area contributed by atoms with Crippen molar-refractivity contribution >= 4 is 34.5 Å². The summed E-state index contributed by atoms with van der Waals surface area (Å²) < 4.78 is 1.28. The Morgan fingerprint density at radius 3 is 2.41 bits per heavy atom. The number of unbranched alkanes of at least 4 members (excludes halogenated alkanes) is 1. The molecule has 27 heavy (non-hydrogen) atoms. The minimum absolute atomic E-state index is 0.0256. The van der Waals surface area contributed by atoms with E-state index in [0.29, 0.717) is 29.1 Å². The van der Waals surface area contributed by atoms with Crippen molar-refractivity contribution in [3.8, 4) is 0 Å². The summed E-state index contributed by atoms with van der Waals surface area (Å²) in [5, 5.41) is 0. The summed E-state index contributed by atoms with van der Waals surface area (Å²) in [6, 6.07) is 3.14. The third-order valence-electron chi connectivity index (χ3n) is 4.08. The van der Waals surface area contributed by atoms with E-state index in [9.17, 15) is 19.2 Å². The number of rotatable bonds is 8. The zero-order valence-electron chi connectivity index (χ0n) is 15.7. The Morgan fingerprint density at radius 1 is 1.19 bits per heavy atom. The van der Waals surface area contributed by atoms with Crippen LogP contribution in [-0.2, 0) is 6.54 Å². The van der Waals surface area contributed by atoms with Gasteiger partial charge in [-0.2, -0.15) is 0 Å². The van der Waals surface area contributed by atoms with E-state index in [-0.39, 0.29) is 23.8 Å². The van der Waals surface area contributed by atoms with E-state index in [0.717, 1.165) is 17.8 Å². The summed E-state index contributed by atoms with van der Waals surface area (Å²) in [7, 11) is 0. The first kappa shape index (κ1) is 20.6. The molecule has 0 unspecified atom stereocenters. The molecule has 8 nitrogen and oxygen atoms in total. The van der Waals surface area contributed by atoms with E-state index in [4.69, 9.17) is 5.73 Å². The normalized spacial score (nSPS) is 10.8. The minimum atomic E-state index is -0.699. The van der Waals surface area contributed by atoms with Gasteiger partial charge in [0.25, 0.3) is 11.5 Å². The highest BCUT2D eigenvalue weighted by atomic mass is 32.1. The number of H-pyrrole nitrogens is 1. The number of aromatic nitrogens is 2. The third-order valence-corrected chi connectivity index (χ3v) is 5.25. The van der Waals surface area contributed by atoms with Crippen LogP contribution in [0.3, 0.4) is 0 Å². The van der Waals surface area contributed by atoms with Crippen LogP contribution in [0.25, 0.3) is 0 Å². The van der Waals surface area contributed by atoms with Gasteiger partial charge in [0, 0.05) is 13.1 Å². The van der Waals surface area contributed by atoms with Gasteiger partial charge in [-0.05, 0) is 31.9 Å². The van der Waals surface area contributed by atoms with Crippen LogP contribution < -0.4 is 21.9 Å². The molecule has 2 heterocycles. The Hall–Kier alpha value is -2.68. The van der Waals surface area contributed by atoms with Crippen LogP contribution in [0.5, 0.6) is 0 Å². The number of hydrogen-bond acceptors (Lipinski definition) is 6. The van der Waals surface area contributed by atoms with E-state index in [1.54, 1.807) is 12.1 Å². The Kier molecular flexibility index (Phi) is 6.73. The maximum Gasteiger partial charge on any atom is 0.330 e. The number of anilines is 2. The zero-order chi connectivity index (χ0) is 20.1. The van der Waals surface area contributed by atoms with Gasteiger partial charge in [-0.3, -0.25) is 28.8 Å². The van der Waals surface area contributed by atoms with E-state index < -0.39 is 17.2 Å². The van der Waals surface area contributed by atoms with Crippen molar-refractivity contribution in [1.29, 1.82) is 0 Å². The Bertz CT molecular complexity index is 957. The van der Waals surface area contributed by atoms with Gasteiger partial charge in [-0.15, -0.1) is 11.3 Å². The lowest BCUT2D eigenvalue weighted by molar-refractivity contribution is 0.0989. The summed E-state index contributed by atoms with van der Waals surface area (Å²) in [6.45, 7) is 5.88. The van der Waals surface area contributed by atoms with Gasteiger partial charge in [0.05, 0.1) is 9.75 Å². The van der Waals surface area contributed by atoms with E-state index in [2.05, 4.69) is 4.98 Å². The fourth-order valence-electron chi connectivity index (χ4n) is 2.69. The number of carbonyl (C=O) groups excluding carboxylic acids is 2. The van der Waals surface area contributed by atoms with Crippen LogP contribution in [0.2, 0.25) is 0 Å². The number of hydrogen-bond donors (Lipinski definition) is 2. The third kappa shape index (κ3) is 4.36. The Labute approximate surface area is 160 Å². The molecule has 0 aliphatic rings. The molecule has 2 aromatic heterocycles. The molecule has 0 spiro atoms. The number of carbonyl (C=O) groups is 2. The zero-order valence-corrected chi connectivity index (χ0v) is 16.5. The molecule has 0 atom stereocenters. The fraction of sp³-hybridized carbons (Fsp3) is 0.444. The Balaban J connectivity index is 2.55. The van der Waals surface area contributed by atoms with Crippen molar-refractivity contribution in [2.24, 2.45) is 0 Å². The standard InChI is InChI=1S/C18H24N4O4S/c1-4-6-10-22-15(19)14(16(24)20-18(22)26)21(9-5-2)17(25)13-8-7-12(27-13)11(3)23/h7-8H,4-6,9-10,19H2,1-3H3,(H,20,24,26). The molecule has 0 aliphatic carbocycles. The number of nitrogens with zero attached hydrogens (tertiary/aromatic N) is 2. The average Bonchev–Trinajstić information content (AvgIpc) is 3.10. The molecule has 1 amide bonds. The van der Waals surface area contributed by atoms with Gasteiger partial charge in [0.1, 0.15) is 5.82 Å². The largest absolute Gasteiger partial charge is 0.383 e. The van der Waals surface area contributed by atoms with Crippen molar-refractivity contribution in [2.45, 2.75) is 46.6 Å². The fourth-order valence-corrected chi connectivity index (χ4v) is 3.54. The molecule has 0 saturated carbocycles. The smallest absolute Gasteiger partial charge is 0.330 e. The van der Waals surface area contributed by atoms with Gasteiger partial charge in [-0.25, -0.2) is 4.79 Å². The molecule has 0 aromatic carbocycles. The highest BCUT2D eigenvalue weighted by Gasteiger charge is 2.26. The summed E-state index contributed by atoms with van der Waals surface area (Å²) in [5.41, 5.74) is 4.80. The van der Waals surface area contributed by atoms with E-state index in [1.165, 1.54) is 16.4 Å². The van der Waals surface area contributed by atoms with Crippen LogP contribution in [0.1, 0.15) is 59.4 Å². The summed E-state index contributed by atoms with van der Waals surface area (Å²) >= 11 is 1.07. The number of nitrogen functional groups attached to an aromatic ring is 1. The maximum absolute atomic E-state index is 13.0. The Morgan fingerprint density at radius 2 is 1.85 bits per heavy atom. The van der Waals surface area contributed by atoms with Crippen LogP contribution >= 0.6 is 11.3 Å². The predicted octanol–water partition coefficient (Wildman–Crippen LogP) is 2.24. The molecule has 2 rings (SSSR count). The molecule has 0 fully saturated rings. The molecule has 2 aromatic rings. The molecule has 0 bridgehead atoms. The first-order valence-corrected chi connectivity index (χ1v) is 9.68. The molecule has 9 heteroatoms. The summed E-state index contributed by atoms with van der Waals surface area (Å²) in [6.07, 6.45) is 2.15. The van der Waals surface area contributed by atoms with Crippen molar-refractivity contribution < 1.29 is 9.59 Å². The quantitative estimate of drug-likeness (QED) is 0.668. The number of nitrogens with one attached hydrogen (secondary N) is 1. The van der Waals surface area contributed by atoms with Crippen LogP contribution in [0.15, 0.2) is 21.7 Å².